The molecular weight excluding hydrogens is 142 g/mol. The molecule has 1 aromatic rings. The molecule has 0 heterocycles. The molecule has 0 spiro atoms. The lowest BCUT2D eigenvalue weighted by atomic mass is 10.2. The molecule has 0 unspecified atom stereocenters. The van der Waals surface area contributed by atoms with Crippen LogP contribution in [0.3, 0.4) is 0 Å². The average molecular weight is 152 g/mol. The van der Waals surface area contributed by atoms with E-state index in [1.165, 1.54) is 0 Å². The van der Waals surface area contributed by atoms with Crippen LogP contribution in [0.4, 0.5) is 0 Å². The molecular formula is C6H10B2O3. The molecule has 0 atom stereocenters. The molecule has 11 heavy (non-hydrogen) atoms. The second kappa shape index (κ2) is 4.82. The number of benzene rings is 1. The third kappa shape index (κ3) is 3.70. The number of rotatable bonds is 2. The minimum atomic E-state index is -1.73. The van der Waals surface area contributed by atoms with E-state index >= 15 is 0 Å². The van der Waals surface area contributed by atoms with E-state index in [9.17, 15) is 0 Å². The van der Waals surface area contributed by atoms with Crippen LogP contribution in [0.5, 0.6) is 5.75 Å². The highest BCUT2D eigenvalue weighted by atomic mass is 16.6. The first-order valence-electron chi connectivity index (χ1n) is 2.87. The Hall–Kier alpha value is -0.930. The van der Waals surface area contributed by atoms with E-state index < -0.39 is 7.32 Å². The lowest BCUT2D eigenvalue weighted by Crippen LogP contribution is -2.20. The number of para-hydroxylation sites is 1. The van der Waals surface area contributed by atoms with Crippen LogP contribution >= 0.6 is 0 Å². The highest BCUT2D eigenvalue weighted by Gasteiger charge is 2.09. The van der Waals surface area contributed by atoms with Gasteiger partial charge in [-0.1, -0.05) is 18.2 Å². The lowest BCUT2D eigenvalue weighted by molar-refractivity contribution is 0.288. The maximum atomic E-state index is 8.34. The molecule has 0 amide bonds. The standard InChI is InChI=1S/C6H7BO3.BH3/c8-7(9)10-6-4-2-1-3-5-6;/h1-5,8-9H;1H3. The van der Waals surface area contributed by atoms with Crippen molar-refractivity contribution in [1.29, 1.82) is 0 Å². The summed E-state index contributed by atoms with van der Waals surface area (Å²) in [5.41, 5.74) is 0. The van der Waals surface area contributed by atoms with Crippen LogP contribution < -0.4 is 4.65 Å². The van der Waals surface area contributed by atoms with E-state index in [1.54, 1.807) is 24.3 Å². The summed E-state index contributed by atoms with van der Waals surface area (Å²) in [6.07, 6.45) is 0. The fraction of sp³-hybridized carbons (Fsp3) is 0. The molecule has 0 aliphatic heterocycles. The second-order valence-electron chi connectivity index (χ2n) is 1.76. The van der Waals surface area contributed by atoms with Gasteiger partial charge in [-0.3, -0.25) is 0 Å². The molecule has 0 aromatic heterocycles. The van der Waals surface area contributed by atoms with E-state index in [2.05, 4.69) is 4.65 Å². The molecule has 5 heteroatoms. The summed E-state index contributed by atoms with van der Waals surface area (Å²) in [5, 5.41) is 16.7. The van der Waals surface area contributed by atoms with Crippen molar-refractivity contribution in [3.63, 3.8) is 0 Å². The smallest absolute Gasteiger partial charge is 0.512 e. The highest BCUT2D eigenvalue weighted by Crippen LogP contribution is 2.07. The number of hydrogen-bond donors (Lipinski definition) is 2. The molecule has 0 radical (unpaired) electrons. The van der Waals surface area contributed by atoms with Gasteiger partial charge in [0.25, 0.3) is 0 Å². The van der Waals surface area contributed by atoms with Gasteiger partial charge in [0.1, 0.15) is 5.75 Å². The summed E-state index contributed by atoms with van der Waals surface area (Å²) in [4.78, 5) is 0. The van der Waals surface area contributed by atoms with Crippen LogP contribution in [-0.2, 0) is 0 Å². The van der Waals surface area contributed by atoms with Gasteiger partial charge in [-0.2, -0.15) is 0 Å². The van der Waals surface area contributed by atoms with Gasteiger partial charge < -0.3 is 14.7 Å². The molecule has 0 bridgehead atoms. The molecule has 0 aliphatic carbocycles. The van der Waals surface area contributed by atoms with Crippen LogP contribution in [0.2, 0.25) is 0 Å². The van der Waals surface area contributed by atoms with Crippen molar-refractivity contribution < 1.29 is 14.7 Å². The van der Waals surface area contributed by atoms with Crippen LogP contribution in [0.25, 0.3) is 0 Å². The highest BCUT2D eigenvalue weighted by molar-refractivity contribution is 6.33. The van der Waals surface area contributed by atoms with Gasteiger partial charge in [0, 0.05) is 0 Å². The minimum absolute atomic E-state index is 0. The Morgan fingerprint density at radius 1 is 1.09 bits per heavy atom. The average Bonchev–Trinajstić information content (AvgIpc) is 1.88. The Bertz CT molecular complexity index is 190. The fourth-order valence-corrected chi connectivity index (χ4v) is 0.621. The van der Waals surface area contributed by atoms with Gasteiger partial charge in [-0.25, -0.2) is 0 Å². The van der Waals surface area contributed by atoms with E-state index in [0.717, 1.165) is 0 Å². The summed E-state index contributed by atoms with van der Waals surface area (Å²) in [6, 6.07) is 8.59. The summed E-state index contributed by atoms with van der Waals surface area (Å²) >= 11 is 0. The Kier molecular flexibility index (Phi) is 4.41. The predicted octanol–water partition coefficient (Wildman–Crippen LogP) is -1.15. The maximum Gasteiger partial charge on any atom is 0.707 e. The minimum Gasteiger partial charge on any atom is -0.512 e. The topological polar surface area (TPSA) is 49.7 Å². The van der Waals surface area contributed by atoms with Gasteiger partial charge in [0.05, 0.1) is 8.41 Å². The van der Waals surface area contributed by atoms with Crippen molar-refractivity contribution in [2.45, 2.75) is 0 Å². The zero-order valence-corrected chi connectivity index (χ0v) is 5.27. The maximum absolute atomic E-state index is 8.34. The second-order valence-corrected chi connectivity index (χ2v) is 1.76. The summed E-state index contributed by atoms with van der Waals surface area (Å²) in [7, 11) is -1.73. The molecule has 1 aromatic carbocycles. The zero-order chi connectivity index (χ0) is 7.40. The fourth-order valence-electron chi connectivity index (χ4n) is 0.621. The van der Waals surface area contributed by atoms with Gasteiger partial charge in [-0.15, -0.1) is 0 Å². The van der Waals surface area contributed by atoms with Gasteiger partial charge in [-0.05, 0) is 12.1 Å². The molecule has 1 rings (SSSR count). The Morgan fingerprint density at radius 2 is 1.64 bits per heavy atom. The van der Waals surface area contributed by atoms with Crippen molar-refractivity contribution in [3.05, 3.63) is 30.3 Å². The molecule has 58 valence electrons. The van der Waals surface area contributed by atoms with E-state index in [-0.39, 0.29) is 8.41 Å². The Morgan fingerprint density at radius 3 is 2.09 bits per heavy atom. The van der Waals surface area contributed by atoms with Gasteiger partial charge in [0.15, 0.2) is 0 Å². The quantitative estimate of drug-likeness (QED) is 0.526. The van der Waals surface area contributed by atoms with Gasteiger partial charge in [0.2, 0.25) is 0 Å². The zero-order valence-electron chi connectivity index (χ0n) is 5.27. The normalized spacial score (nSPS) is 8.18. The third-order valence-electron chi connectivity index (χ3n) is 0.985. The predicted molar refractivity (Wildman–Crippen MR) is 47.2 cm³/mol. The molecule has 0 saturated heterocycles. The monoisotopic (exact) mass is 152 g/mol. The van der Waals surface area contributed by atoms with Gasteiger partial charge >= 0.3 is 7.32 Å². The van der Waals surface area contributed by atoms with Crippen molar-refractivity contribution in [3.8, 4) is 5.75 Å². The SMILES string of the molecule is B.OB(O)Oc1ccccc1. The van der Waals surface area contributed by atoms with Crippen molar-refractivity contribution in [2.75, 3.05) is 0 Å². The van der Waals surface area contributed by atoms with Crippen molar-refractivity contribution in [2.24, 2.45) is 0 Å². The van der Waals surface area contributed by atoms with E-state index in [1.807, 2.05) is 6.07 Å². The Labute approximate surface area is 67.4 Å². The lowest BCUT2D eigenvalue weighted by Gasteiger charge is -2.01. The van der Waals surface area contributed by atoms with Crippen LogP contribution in [-0.4, -0.2) is 25.8 Å². The first kappa shape index (κ1) is 10.1. The summed E-state index contributed by atoms with van der Waals surface area (Å²) in [5.74, 6) is 0.442. The molecule has 3 nitrogen and oxygen atoms in total. The molecule has 0 aliphatic rings. The molecule has 2 N–H and O–H groups in total. The van der Waals surface area contributed by atoms with Crippen LogP contribution in [0, 0.1) is 0 Å². The molecule has 0 fully saturated rings. The third-order valence-corrected chi connectivity index (χ3v) is 0.985. The Balaban J connectivity index is 0.000001000. The summed E-state index contributed by atoms with van der Waals surface area (Å²) < 4.78 is 4.53. The molecule has 0 saturated carbocycles. The van der Waals surface area contributed by atoms with Crippen molar-refractivity contribution >= 4 is 15.7 Å². The largest absolute Gasteiger partial charge is 0.707 e. The van der Waals surface area contributed by atoms with Crippen LogP contribution in [0.15, 0.2) is 30.3 Å². The number of hydrogen-bond acceptors (Lipinski definition) is 3. The first-order valence-corrected chi connectivity index (χ1v) is 2.87. The van der Waals surface area contributed by atoms with Crippen molar-refractivity contribution in [1.82, 2.24) is 0 Å². The van der Waals surface area contributed by atoms with E-state index in [4.69, 9.17) is 10.0 Å². The van der Waals surface area contributed by atoms with Crippen LogP contribution in [0.1, 0.15) is 0 Å². The van der Waals surface area contributed by atoms with E-state index in [0.29, 0.717) is 5.75 Å². The summed E-state index contributed by atoms with van der Waals surface area (Å²) in [6.45, 7) is 0. The first-order chi connectivity index (χ1) is 4.79.